The molecule has 6 atom stereocenters. The Hall–Kier alpha value is -1.69. The molecule has 6 rings (SSSR count). The summed E-state index contributed by atoms with van der Waals surface area (Å²) in [6.45, 7) is 4.15. The Labute approximate surface area is 159 Å². The number of carbonyl (C=O) groups is 1. The summed E-state index contributed by atoms with van der Waals surface area (Å²) in [5, 5.41) is 12.1. The molecule has 0 unspecified atom stereocenters. The lowest BCUT2D eigenvalue weighted by Crippen LogP contribution is -2.65. The molecule has 5 heteroatoms. The largest absolute Gasteiger partial charge is 0.373 e. The minimum atomic E-state index is -0.101. The van der Waals surface area contributed by atoms with Gasteiger partial charge in [0.05, 0.1) is 25.2 Å². The van der Waals surface area contributed by atoms with Crippen molar-refractivity contribution in [2.24, 2.45) is 17.8 Å². The molecule has 1 saturated carbocycles. The van der Waals surface area contributed by atoms with E-state index in [-0.39, 0.29) is 23.5 Å². The molecule has 4 aliphatic heterocycles. The number of amides is 1. The Kier molecular flexibility index (Phi) is 3.28. The van der Waals surface area contributed by atoms with Crippen molar-refractivity contribution in [3.8, 4) is 0 Å². The number of para-hydroxylation sites is 1. The highest BCUT2D eigenvalue weighted by Gasteiger charge is 2.66. The summed E-state index contributed by atoms with van der Waals surface area (Å²) in [4.78, 5) is 15.4. The predicted molar refractivity (Wildman–Crippen MR) is 101 cm³/mol. The highest BCUT2D eigenvalue weighted by atomic mass is 16.5. The van der Waals surface area contributed by atoms with E-state index in [4.69, 9.17) is 4.74 Å². The summed E-state index contributed by atoms with van der Waals surface area (Å²) in [5.41, 5.74) is 3.60. The first-order valence-corrected chi connectivity index (χ1v) is 10.3. The summed E-state index contributed by atoms with van der Waals surface area (Å²) < 4.78 is 6.23. The van der Waals surface area contributed by atoms with Crippen LogP contribution in [0.1, 0.15) is 31.7 Å². The number of hydrogen-bond acceptors (Lipinski definition) is 4. The maximum atomic E-state index is 13.3. The molecule has 4 heterocycles. The molecule has 1 N–H and O–H groups in total. The zero-order valence-electron chi connectivity index (χ0n) is 15.7. The Balaban J connectivity index is 1.65. The molecule has 5 nitrogen and oxygen atoms in total. The molecule has 1 aromatic rings. The van der Waals surface area contributed by atoms with E-state index in [1.807, 2.05) is 6.07 Å². The fourth-order valence-corrected chi connectivity index (χ4v) is 7.13. The number of hydrogen-bond donors (Lipinski definition) is 1. The summed E-state index contributed by atoms with van der Waals surface area (Å²) in [6.07, 6.45) is 4.62. The lowest BCUT2D eigenvalue weighted by molar-refractivity contribution is -0.132. The van der Waals surface area contributed by atoms with Crippen LogP contribution in [0.25, 0.3) is 0 Å². The van der Waals surface area contributed by atoms with Crippen molar-refractivity contribution in [3.63, 3.8) is 0 Å². The average molecular weight is 366 g/mol. The Morgan fingerprint density at radius 3 is 3.04 bits per heavy atom. The van der Waals surface area contributed by atoms with Crippen molar-refractivity contribution >= 4 is 11.6 Å². The highest BCUT2D eigenvalue weighted by molar-refractivity contribution is 5.99. The van der Waals surface area contributed by atoms with E-state index in [0.29, 0.717) is 43.9 Å². The maximum Gasteiger partial charge on any atom is 0.229 e. The molecule has 1 aromatic carbocycles. The third-order valence-corrected chi connectivity index (χ3v) is 8.14. The van der Waals surface area contributed by atoms with Crippen molar-refractivity contribution in [2.45, 2.75) is 43.7 Å². The van der Waals surface area contributed by atoms with Gasteiger partial charge in [-0.1, -0.05) is 36.8 Å². The van der Waals surface area contributed by atoms with Gasteiger partial charge in [0.15, 0.2) is 0 Å². The first-order chi connectivity index (χ1) is 13.1. The minimum absolute atomic E-state index is 0.0102. The maximum absolute atomic E-state index is 13.3. The summed E-state index contributed by atoms with van der Waals surface area (Å²) >= 11 is 0. The van der Waals surface area contributed by atoms with Gasteiger partial charge in [0.1, 0.15) is 0 Å². The molecule has 1 amide bonds. The molecule has 4 bridgehead atoms. The molecule has 0 spiro atoms. The normalized spacial score (nSPS) is 42.7. The van der Waals surface area contributed by atoms with E-state index in [1.54, 1.807) is 0 Å². The SMILES string of the molecule is C[C@H]1C[C@H]2C3=CCO[C@H]4CC(=O)N5c6ccccc6[C@@]1(CCN(O)C3)[C@@H]5[C@H]42. The molecular formula is C22H26N2O3. The van der Waals surface area contributed by atoms with Crippen LogP contribution in [-0.2, 0) is 14.9 Å². The van der Waals surface area contributed by atoms with Crippen LogP contribution in [-0.4, -0.2) is 48.0 Å². The van der Waals surface area contributed by atoms with Crippen LogP contribution >= 0.6 is 0 Å². The molecule has 3 fully saturated rings. The van der Waals surface area contributed by atoms with E-state index in [1.165, 1.54) is 16.2 Å². The van der Waals surface area contributed by atoms with Crippen molar-refractivity contribution in [3.05, 3.63) is 41.5 Å². The number of carbonyl (C=O) groups excluding carboxylic acids is 1. The van der Waals surface area contributed by atoms with Gasteiger partial charge in [0, 0.05) is 30.1 Å². The van der Waals surface area contributed by atoms with Gasteiger partial charge in [-0.2, -0.15) is 5.06 Å². The van der Waals surface area contributed by atoms with Gasteiger partial charge in [-0.15, -0.1) is 0 Å². The van der Waals surface area contributed by atoms with Crippen molar-refractivity contribution in [1.82, 2.24) is 5.06 Å². The fourth-order valence-electron chi connectivity index (χ4n) is 7.13. The van der Waals surface area contributed by atoms with Gasteiger partial charge >= 0.3 is 0 Å². The van der Waals surface area contributed by atoms with Gasteiger partial charge in [0.25, 0.3) is 0 Å². The molecule has 5 aliphatic rings. The van der Waals surface area contributed by atoms with E-state index in [2.05, 4.69) is 36.1 Å². The minimum Gasteiger partial charge on any atom is -0.373 e. The number of benzene rings is 1. The number of anilines is 1. The summed E-state index contributed by atoms with van der Waals surface area (Å²) in [6, 6.07) is 8.63. The van der Waals surface area contributed by atoms with Gasteiger partial charge in [-0.05, 0) is 36.3 Å². The number of piperidine rings is 1. The third kappa shape index (κ3) is 1.92. The van der Waals surface area contributed by atoms with Crippen LogP contribution in [0.3, 0.4) is 0 Å². The quantitative estimate of drug-likeness (QED) is 0.718. The van der Waals surface area contributed by atoms with Gasteiger partial charge in [-0.3, -0.25) is 4.79 Å². The predicted octanol–water partition coefficient (Wildman–Crippen LogP) is 2.74. The molecule has 0 aromatic heterocycles. The zero-order valence-corrected chi connectivity index (χ0v) is 15.7. The van der Waals surface area contributed by atoms with Crippen LogP contribution in [0.4, 0.5) is 5.69 Å². The van der Waals surface area contributed by atoms with E-state index in [9.17, 15) is 10.0 Å². The molecule has 0 radical (unpaired) electrons. The summed E-state index contributed by atoms with van der Waals surface area (Å²) in [7, 11) is 0. The molecule has 2 saturated heterocycles. The number of nitrogens with zero attached hydrogens (tertiary/aromatic N) is 2. The van der Waals surface area contributed by atoms with Crippen molar-refractivity contribution in [2.75, 3.05) is 24.6 Å². The number of rotatable bonds is 0. The monoisotopic (exact) mass is 366 g/mol. The Morgan fingerprint density at radius 2 is 2.15 bits per heavy atom. The third-order valence-electron chi connectivity index (χ3n) is 8.14. The highest BCUT2D eigenvalue weighted by Crippen LogP contribution is 2.63. The van der Waals surface area contributed by atoms with Crippen molar-refractivity contribution < 1.29 is 14.7 Å². The van der Waals surface area contributed by atoms with Crippen LogP contribution in [0.5, 0.6) is 0 Å². The summed E-state index contributed by atoms with van der Waals surface area (Å²) in [5.74, 6) is 1.34. The van der Waals surface area contributed by atoms with E-state index in [0.717, 1.165) is 18.5 Å². The second kappa shape index (κ2) is 5.43. The number of ether oxygens (including phenoxy) is 1. The van der Waals surface area contributed by atoms with Gasteiger partial charge in [-0.25, -0.2) is 0 Å². The van der Waals surface area contributed by atoms with Crippen molar-refractivity contribution in [1.29, 1.82) is 0 Å². The zero-order chi connectivity index (χ0) is 18.3. The lowest BCUT2D eigenvalue weighted by atomic mass is 9.52. The topological polar surface area (TPSA) is 53.0 Å². The standard InChI is InChI=1S/C22H26N2O3/c1-13-10-15-14-6-9-27-18-11-19(25)24-17-5-3-2-4-16(17)22(13,21(24)20(15)18)7-8-23(26)12-14/h2-6,13,15,18,20-21,26H,7-12H2,1H3/t13-,15-,18-,20-,21-,22-/m0/s1. The number of fused-ring (bicyclic) bond motifs is 2. The van der Waals surface area contributed by atoms with E-state index >= 15 is 0 Å². The molecular weight excluding hydrogens is 340 g/mol. The smallest absolute Gasteiger partial charge is 0.229 e. The lowest BCUT2D eigenvalue weighted by Gasteiger charge is -2.56. The molecule has 27 heavy (non-hydrogen) atoms. The van der Waals surface area contributed by atoms with Crippen LogP contribution < -0.4 is 4.90 Å². The Bertz CT molecular complexity index is 852. The molecule has 1 aliphatic carbocycles. The second-order valence-corrected chi connectivity index (χ2v) is 9.08. The second-order valence-electron chi connectivity index (χ2n) is 9.08. The Morgan fingerprint density at radius 1 is 1.30 bits per heavy atom. The fraction of sp³-hybridized carbons (Fsp3) is 0.591. The van der Waals surface area contributed by atoms with Gasteiger partial charge in [0.2, 0.25) is 5.91 Å². The van der Waals surface area contributed by atoms with Crippen LogP contribution in [0.2, 0.25) is 0 Å². The van der Waals surface area contributed by atoms with Crippen LogP contribution in [0.15, 0.2) is 35.9 Å². The first-order valence-electron chi connectivity index (χ1n) is 10.3. The molecule has 142 valence electrons. The number of hydroxylamine groups is 2. The van der Waals surface area contributed by atoms with E-state index < -0.39 is 0 Å². The van der Waals surface area contributed by atoms with Crippen LogP contribution in [0, 0.1) is 17.8 Å². The average Bonchev–Trinajstić information content (AvgIpc) is 2.90. The first kappa shape index (κ1) is 16.3. The van der Waals surface area contributed by atoms with Gasteiger partial charge < -0.3 is 14.8 Å².